The Hall–Kier alpha value is 1.34. The van der Waals surface area contributed by atoms with Gasteiger partial charge < -0.3 is 4.90 Å². The van der Waals surface area contributed by atoms with Crippen LogP contribution in [-0.4, -0.2) is 24.5 Å². The number of rotatable bonds is 3. The molecule has 0 spiro atoms. The van der Waals surface area contributed by atoms with E-state index < -0.39 is 0 Å². The van der Waals surface area contributed by atoms with Gasteiger partial charge in [0.2, 0.25) is 0 Å². The molecule has 0 N–H and O–H groups in total. The molecule has 0 aromatic carbocycles. The van der Waals surface area contributed by atoms with E-state index in [1.165, 1.54) is 19.6 Å². The Balaban J connectivity index is 0. The van der Waals surface area contributed by atoms with Gasteiger partial charge in [-0.3, -0.25) is 0 Å². The van der Waals surface area contributed by atoms with E-state index in [4.69, 9.17) is 0 Å². The molecule has 0 rings (SSSR count). The van der Waals surface area contributed by atoms with Gasteiger partial charge in [0, 0.05) is 41.7 Å². The van der Waals surface area contributed by atoms with E-state index >= 15 is 0 Å². The molecule has 8 heavy (non-hydrogen) atoms. The standard InChI is InChI=1S/C6H15N.Ce/c1-4-7(5-2)6-3;/h4-6H2,1-3H3;. The van der Waals surface area contributed by atoms with Crippen LogP contribution < -0.4 is 0 Å². The Morgan fingerprint density at radius 1 is 0.875 bits per heavy atom. The molecule has 0 saturated heterocycles. The Bertz CT molecular complexity index is 30.0. The van der Waals surface area contributed by atoms with Crippen LogP contribution in [0.3, 0.4) is 0 Å². The Labute approximate surface area is 86.2 Å². The molecule has 0 radical (unpaired) electrons. The maximum Gasteiger partial charge on any atom is 0 e. The molecule has 0 fully saturated rings. The predicted octanol–water partition coefficient (Wildman–Crippen LogP) is 1.35. The van der Waals surface area contributed by atoms with E-state index in [9.17, 15) is 0 Å². The summed E-state index contributed by atoms with van der Waals surface area (Å²) in [7, 11) is 0. The van der Waals surface area contributed by atoms with Gasteiger partial charge in [0.15, 0.2) is 0 Å². The maximum atomic E-state index is 2.38. The van der Waals surface area contributed by atoms with Crippen LogP contribution in [0, 0.1) is 41.7 Å². The van der Waals surface area contributed by atoms with Crippen molar-refractivity contribution in [2.24, 2.45) is 0 Å². The topological polar surface area (TPSA) is 3.24 Å². The zero-order valence-electron chi connectivity index (χ0n) is 6.07. The van der Waals surface area contributed by atoms with Crippen molar-refractivity contribution in [1.29, 1.82) is 0 Å². The summed E-state index contributed by atoms with van der Waals surface area (Å²) >= 11 is 0. The third kappa shape index (κ3) is 5.47. The van der Waals surface area contributed by atoms with Crippen LogP contribution >= 0.6 is 0 Å². The zero-order valence-corrected chi connectivity index (χ0v) is 9.21. The second-order valence-corrected chi connectivity index (χ2v) is 1.62. The van der Waals surface area contributed by atoms with Crippen molar-refractivity contribution in [3.05, 3.63) is 0 Å². The first-order valence-electron chi connectivity index (χ1n) is 3.07. The van der Waals surface area contributed by atoms with Crippen LogP contribution in [0.2, 0.25) is 0 Å². The van der Waals surface area contributed by atoms with E-state index in [1.54, 1.807) is 0 Å². The molecule has 0 saturated carbocycles. The summed E-state index contributed by atoms with van der Waals surface area (Å²) in [4.78, 5) is 2.38. The second-order valence-electron chi connectivity index (χ2n) is 1.62. The average Bonchev–Trinajstić information content (AvgIpc) is 1.72. The molecule has 0 aliphatic rings. The number of hydrogen-bond acceptors (Lipinski definition) is 1. The van der Waals surface area contributed by atoms with E-state index in [0.717, 1.165) is 0 Å². The molecular weight excluding hydrogens is 226 g/mol. The van der Waals surface area contributed by atoms with Gasteiger partial charge in [0.25, 0.3) is 0 Å². The van der Waals surface area contributed by atoms with E-state index in [0.29, 0.717) is 0 Å². The third-order valence-electron chi connectivity index (χ3n) is 1.34. The number of hydrogen-bond donors (Lipinski definition) is 0. The monoisotopic (exact) mass is 241 g/mol. The molecule has 0 atom stereocenters. The minimum atomic E-state index is 0. The van der Waals surface area contributed by atoms with Gasteiger partial charge in [-0.2, -0.15) is 0 Å². The molecule has 1 nitrogen and oxygen atoms in total. The van der Waals surface area contributed by atoms with Gasteiger partial charge in [-0.15, -0.1) is 0 Å². The van der Waals surface area contributed by atoms with Crippen molar-refractivity contribution < 1.29 is 41.7 Å². The molecule has 0 bridgehead atoms. The zero-order chi connectivity index (χ0) is 5.70. The van der Waals surface area contributed by atoms with Crippen LogP contribution in [0.1, 0.15) is 20.8 Å². The molecule has 0 aromatic heterocycles. The van der Waals surface area contributed by atoms with Gasteiger partial charge in [0.05, 0.1) is 0 Å². The summed E-state index contributed by atoms with van der Waals surface area (Å²) in [6, 6.07) is 0. The van der Waals surface area contributed by atoms with Crippen LogP contribution in [0.15, 0.2) is 0 Å². The summed E-state index contributed by atoms with van der Waals surface area (Å²) in [6.45, 7) is 10.1. The quantitative estimate of drug-likeness (QED) is 0.721. The van der Waals surface area contributed by atoms with Gasteiger partial charge >= 0.3 is 0 Å². The molecule has 0 unspecified atom stereocenters. The van der Waals surface area contributed by atoms with Crippen molar-refractivity contribution in [1.82, 2.24) is 4.90 Å². The van der Waals surface area contributed by atoms with Crippen LogP contribution in [0.4, 0.5) is 0 Å². The SMILES string of the molecule is CCN(CC)CC.[Ce]. The van der Waals surface area contributed by atoms with Crippen molar-refractivity contribution in [3.63, 3.8) is 0 Å². The van der Waals surface area contributed by atoms with E-state index in [2.05, 4.69) is 25.7 Å². The summed E-state index contributed by atoms with van der Waals surface area (Å²) in [5.74, 6) is 0. The Kier molecular flexibility index (Phi) is 12.6. The smallest absolute Gasteiger partial charge is 0 e. The van der Waals surface area contributed by atoms with E-state index in [-0.39, 0.29) is 41.7 Å². The fourth-order valence-electron chi connectivity index (χ4n) is 0.671. The van der Waals surface area contributed by atoms with Crippen molar-refractivity contribution in [3.8, 4) is 0 Å². The maximum absolute atomic E-state index is 2.38. The molecule has 0 amide bonds. The van der Waals surface area contributed by atoms with Crippen molar-refractivity contribution >= 4 is 0 Å². The molecule has 0 aliphatic carbocycles. The van der Waals surface area contributed by atoms with Gasteiger partial charge in [0.1, 0.15) is 0 Å². The third-order valence-corrected chi connectivity index (χ3v) is 1.34. The van der Waals surface area contributed by atoms with Crippen molar-refractivity contribution in [2.75, 3.05) is 19.6 Å². The Morgan fingerprint density at radius 2 is 1.12 bits per heavy atom. The minimum Gasteiger partial charge on any atom is -0.304 e. The van der Waals surface area contributed by atoms with Gasteiger partial charge in [-0.05, 0) is 19.6 Å². The fraction of sp³-hybridized carbons (Fsp3) is 1.00. The minimum absolute atomic E-state index is 0. The molecule has 0 heterocycles. The van der Waals surface area contributed by atoms with Gasteiger partial charge in [-0.25, -0.2) is 0 Å². The predicted molar refractivity (Wildman–Crippen MR) is 33.5 cm³/mol. The van der Waals surface area contributed by atoms with Crippen molar-refractivity contribution in [2.45, 2.75) is 20.8 Å². The summed E-state index contributed by atoms with van der Waals surface area (Å²) in [5, 5.41) is 0. The van der Waals surface area contributed by atoms with Crippen LogP contribution in [-0.2, 0) is 0 Å². The van der Waals surface area contributed by atoms with Crippen LogP contribution in [0.25, 0.3) is 0 Å². The summed E-state index contributed by atoms with van der Waals surface area (Å²) in [6.07, 6.45) is 0. The van der Waals surface area contributed by atoms with Gasteiger partial charge in [-0.1, -0.05) is 20.8 Å². The summed E-state index contributed by atoms with van der Waals surface area (Å²) < 4.78 is 0. The molecule has 0 aliphatic heterocycles. The first-order valence-corrected chi connectivity index (χ1v) is 3.07. The van der Waals surface area contributed by atoms with E-state index in [1.807, 2.05) is 0 Å². The largest absolute Gasteiger partial charge is 0.304 e. The van der Waals surface area contributed by atoms with Crippen LogP contribution in [0.5, 0.6) is 0 Å². The molecule has 0 aromatic rings. The first-order chi connectivity index (χ1) is 3.35. The molecule has 2 heteroatoms. The molecule has 48 valence electrons. The average molecular weight is 241 g/mol. The first kappa shape index (κ1) is 12.1. The fourth-order valence-corrected chi connectivity index (χ4v) is 0.671. The summed E-state index contributed by atoms with van der Waals surface area (Å²) in [5.41, 5.74) is 0. The number of nitrogens with zero attached hydrogens (tertiary/aromatic N) is 1. The Morgan fingerprint density at radius 3 is 1.12 bits per heavy atom. The normalized spacial score (nSPS) is 9.00. The molecular formula is C6H15CeN. The second kappa shape index (κ2) is 8.34.